The Morgan fingerprint density at radius 2 is 1.85 bits per heavy atom. The lowest BCUT2D eigenvalue weighted by Crippen LogP contribution is -2.47. The number of aromatic nitrogens is 2. The van der Waals surface area contributed by atoms with Crippen LogP contribution in [0.25, 0.3) is 6.08 Å². The van der Waals surface area contributed by atoms with Gasteiger partial charge in [-0.3, -0.25) is 4.79 Å². The molecule has 1 aromatic heterocycles. The maximum Gasteiger partial charge on any atom is 0.401 e. The number of methoxy groups -OCH3 is 1. The Labute approximate surface area is 152 Å². The van der Waals surface area contributed by atoms with Crippen LogP contribution in [0.3, 0.4) is 0 Å². The van der Waals surface area contributed by atoms with Crippen molar-refractivity contribution >= 4 is 18.0 Å². The van der Waals surface area contributed by atoms with E-state index in [0.29, 0.717) is 16.0 Å². The number of carbonyl (C=O) groups is 2. The maximum atomic E-state index is 12.1. The summed E-state index contributed by atoms with van der Waals surface area (Å²) in [5.41, 5.74) is -1.61. The minimum absolute atomic E-state index is 0.123. The maximum absolute atomic E-state index is 12.1. The van der Waals surface area contributed by atoms with Crippen LogP contribution in [0.5, 0.6) is 5.75 Å². The number of hydrogen-bond donors (Lipinski definition) is 0. The van der Waals surface area contributed by atoms with E-state index in [2.05, 4.69) is 21.3 Å². The molecule has 0 radical (unpaired) electrons. The lowest BCUT2D eigenvalue weighted by Gasteiger charge is -2.09. The molecular formula is C17H16N2O8. The highest BCUT2D eigenvalue weighted by atomic mass is 17.3. The Morgan fingerprint density at radius 3 is 2.41 bits per heavy atom. The number of ether oxygens (including phenoxy) is 1. The Bertz CT molecular complexity index is 972. The highest BCUT2D eigenvalue weighted by molar-refractivity contribution is 5.72. The van der Waals surface area contributed by atoms with Crippen molar-refractivity contribution in [2.45, 2.75) is 13.3 Å². The first kappa shape index (κ1) is 19.5. The van der Waals surface area contributed by atoms with Gasteiger partial charge in [-0.2, -0.15) is 4.99 Å². The summed E-state index contributed by atoms with van der Waals surface area (Å²) in [6.07, 6.45) is 1.91. The van der Waals surface area contributed by atoms with Gasteiger partial charge in [0, 0.05) is 6.92 Å². The molecule has 0 aliphatic carbocycles. The van der Waals surface area contributed by atoms with Crippen molar-refractivity contribution in [1.29, 1.82) is 0 Å². The van der Waals surface area contributed by atoms with Crippen LogP contribution in [0.1, 0.15) is 18.1 Å². The third-order valence-electron chi connectivity index (χ3n) is 3.21. The molecule has 0 unspecified atom stereocenters. The minimum atomic E-state index is -1.18. The van der Waals surface area contributed by atoms with E-state index in [9.17, 15) is 19.2 Å². The molecule has 0 bridgehead atoms. The summed E-state index contributed by atoms with van der Waals surface area (Å²) in [6.45, 7) is 4.41. The minimum Gasteiger partial charge on any atom is -0.497 e. The van der Waals surface area contributed by atoms with Crippen LogP contribution in [0.15, 0.2) is 46.6 Å². The van der Waals surface area contributed by atoms with Gasteiger partial charge >= 0.3 is 17.6 Å². The van der Waals surface area contributed by atoms with E-state index in [4.69, 9.17) is 4.74 Å². The van der Waals surface area contributed by atoms with Crippen molar-refractivity contribution in [1.82, 2.24) is 9.46 Å². The van der Waals surface area contributed by atoms with Crippen LogP contribution in [-0.4, -0.2) is 28.5 Å². The smallest absolute Gasteiger partial charge is 0.401 e. The molecule has 1 aromatic carbocycles. The zero-order valence-corrected chi connectivity index (χ0v) is 14.5. The molecule has 2 aromatic rings. The summed E-state index contributed by atoms with van der Waals surface area (Å²) in [5, 5.41) is 0. The lowest BCUT2D eigenvalue weighted by molar-refractivity contribution is -0.275. The first-order valence-corrected chi connectivity index (χ1v) is 7.56. The lowest BCUT2D eigenvalue weighted by atomic mass is 10.1. The van der Waals surface area contributed by atoms with Gasteiger partial charge in [0.2, 0.25) is 0 Å². The van der Waals surface area contributed by atoms with Crippen LogP contribution in [0, 0.1) is 0 Å². The highest BCUT2D eigenvalue weighted by Gasteiger charge is 2.15. The quantitative estimate of drug-likeness (QED) is 0.481. The molecule has 10 nitrogen and oxygen atoms in total. The van der Waals surface area contributed by atoms with E-state index in [1.165, 1.54) is 7.11 Å². The Kier molecular flexibility index (Phi) is 6.15. The van der Waals surface area contributed by atoms with Crippen molar-refractivity contribution in [3.63, 3.8) is 0 Å². The van der Waals surface area contributed by atoms with Crippen LogP contribution >= 0.6 is 0 Å². The standard InChI is InChI=1S/C17H16N2O8/c1-4-13-10-18(17(23)19(16(13)22)25-11(2)20)27-26-15(21)9-12-5-7-14(24-3)8-6-12/h4-8,10H,1,9H2,2-3H3. The molecule has 0 spiro atoms. The number of carbonyl (C=O) groups excluding carboxylic acids is 2. The fourth-order valence-corrected chi connectivity index (χ4v) is 1.95. The van der Waals surface area contributed by atoms with Crippen LogP contribution in [0.2, 0.25) is 0 Å². The molecule has 0 aliphatic heterocycles. The number of nitrogens with zero attached hydrogens (tertiary/aromatic N) is 2. The van der Waals surface area contributed by atoms with Gasteiger partial charge in [0.05, 0.1) is 25.3 Å². The Balaban J connectivity index is 2.15. The van der Waals surface area contributed by atoms with Gasteiger partial charge in [-0.1, -0.05) is 34.2 Å². The summed E-state index contributed by atoms with van der Waals surface area (Å²) < 4.78 is 5.60. The van der Waals surface area contributed by atoms with Gasteiger partial charge in [0.1, 0.15) is 5.75 Å². The van der Waals surface area contributed by atoms with Crippen molar-refractivity contribution in [2.75, 3.05) is 7.11 Å². The van der Waals surface area contributed by atoms with Gasteiger partial charge in [-0.05, 0) is 17.7 Å². The number of benzene rings is 1. The summed E-state index contributed by atoms with van der Waals surface area (Å²) in [6, 6.07) is 6.64. The second kappa shape index (κ2) is 8.52. The van der Waals surface area contributed by atoms with E-state index in [1.54, 1.807) is 24.3 Å². The number of rotatable bonds is 7. The molecular weight excluding hydrogens is 360 g/mol. The zero-order chi connectivity index (χ0) is 20.0. The van der Waals surface area contributed by atoms with E-state index in [0.717, 1.165) is 19.2 Å². The van der Waals surface area contributed by atoms with Crippen LogP contribution in [-0.2, 0) is 20.9 Å². The zero-order valence-electron chi connectivity index (χ0n) is 14.5. The van der Waals surface area contributed by atoms with E-state index >= 15 is 0 Å². The van der Waals surface area contributed by atoms with Gasteiger partial charge in [0.25, 0.3) is 5.56 Å². The molecule has 10 heteroatoms. The van der Waals surface area contributed by atoms with E-state index < -0.39 is 23.2 Å². The Morgan fingerprint density at radius 1 is 1.19 bits per heavy atom. The van der Waals surface area contributed by atoms with Crippen molar-refractivity contribution in [2.24, 2.45) is 0 Å². The monoisotopic (exact) mass is 376 g/mol. The summed E-state index contributed by atoms with van der Waals surface area (Å²) in [7, 11) is 1.52. The molecule has 0 atom stereocenters. The largest absolute Gasteiger partial charge is 0.497 e. The van der Waals surface area contributed by atoms with E-state index in [-0.39, 0.29) is 16.7 Å². The molecule has 142 valence electrons. The summed E-state index contributed by atoms with van der Waals surface area (Å²) in [5.74, 6) is -1.09. The topological polar surface area (TPSA) is 115 Å². The van der Waals surface area contributed by atoms with Crippen molar-refractivity contribution in [3.8, 4) is 5.75 Å². The second-order valence-corrected chi connectivity index (χ2v) is 5.13. The Hall–Kier alpha value is -3.82. The fraction of sp³-hybridized carbons (Fsp3) is 0.176. The molecule has 0 amide bonds. The normalized spacial score (nSPS) is 10.0. The fourth-order valence-electron chi connectivity index (χ4n) is 1.95. The van der Waals surface area contributed by atoms with Crippen LogP contribution < -0.4 is 25.8 Å². The molecule has 0 N–H and O–H groups in total. The molecule has 0 saturated carbocycles. The molecule has 2 rings (SSSR count). The third-order valence-corrected chi connectivity index (χ3v) is 3.21. The average Bonchev–Trinajstić information content (AvgIpc) is 2.65. The molecule has 0 aliphatic rings. The van der Waals surface area contributed by atoms with Gasteiger partial charge in [-0.25, -0.2) is 19.3 Å². The third kappa shape index (κ3) is 4.84. The average molecular weight is 376 g/mol. The predicted molar refractivity (Wildman–Crippen MR) is 91.7 cm³/mol. The van der Waals surface area contributed by atoms with Crippen molar-refractivity contribution in [3.05, 3.63) is 69.0 Å². The highest BCUT2D eigenvalue weighted by Crippen LogP contribution is 2.11. The SMILES string of the molecule is C=Cc1cn(OOC(=O)Cc2ccc(OC)cc2)c(=O)n(OC(C)=O)c1=O. The summed E-state index contributed by atoms with van der Waals surface area (Å²) >= 11 is 0. The molecule has 1 heterocycles. The van der Waals surface area contributed by atoms with Gasteiger partial charge in [0.15, 0.2) is 0 Å². The van der Waals surface area contributed by atoms with E-state index in [1.807, 2.05) is 0 Å². The van der Waals surface area contributed by atoms with Gasteiger partial charge < -0.3 is 9.57 Å². The second-order valence-electron chi connectivity index (χ2n) is 5.13. The van der Waals surface area contributed by atoms with Crippen LogP contribution in [0.4, 0.5) is 0 Å². The first-order valence-electron chi connectivity index (χ1n) is 7.56. The first-order chi connectivity index (χ1) is 12.8. The summed E-state index contributed by atoms with van der Waals surface area (Å²) in [4.78, 5) is 60.8. The molecule has 27 heavy (non-hydrogen) atoms. The molecule has 0 fully saturated rings. The predicted octanol–water partition coefficient (Wildman–Crippen LogP) is -0.234. The molecule has 0 saturated heterocycles. The number of hydrogen-bond acceptors (Lipinski definition) is 8. The van der Waals surface area contributed by atoms with Crippen molar-refractivity contribution < 1.29 is 29.0 Å². The van der Waals surface area contributed by atoms with Gasteiger partial charge in [-0.15, -0.1) is 0 Å².